The van der Waals surface area contributed by atoms with Crippen molar-refractivity contribution in [1.29, 1.82) is 0 Å². The number of alkyl halides is 3. The SMILES string of the molecule is C=CCN(CC(F)(F)F)C(=O)c1ccnc(C)n1. The van der Waals surface area contributed by atoms with Crippen LogP contribution >= 0.6 is 0 Å². The predicted octanol–water partition coefficient (Wildman–Crippen LogP) is 1.98. The molecule has 0 aliphatic heterocycles. The molecule has 1 aromatic heterocycles. The summed E-state index contributed by atoms with van der Waals surface area (Å²) in [4.78, 5) is 20.1. The molecule has 0 N–H and O–H groups in total. The van der Waals surface area contributed by atoms with Crippen LogP contribution in [0.1, 0.15) is 16.3 Å². The van der Waals surface area contributed by atoms with Crippen molar-refractivity contribution >= 4 is 5.91 Å². The third-order valence-electron chi connectivity index (χ3n) is 2.00. The molecule has 1 aromatic rings. The van der Waals surface area contributed by atoms with Gasteiger partial charge in [-0.3, -0.25) is 4.79 Å². The molecule has 98 valence electrons. The highest BCUT2D eigenvalue weighted by atomic mass is 19.4. The quantitative estimate of drug-likeness (QED) is 0.777. The van der Waals surface area contributed by atoms with E-state index in [2.05, 4.69) is 16.5 Å². The van der Waals surface area contributed by atoms with Gasteiger partial charge in [-0.05, 0) is 13.0 Å². The molecule has 1 heterocycles. The van der Waals surface area contributed by atoms with Crippen LogP contribution in [0, 0.1) is 6.92 Å². The van der Waals surface area contributed by atoms with Gasteiger partial charge >= 0.3 is 6.18 Å². The van der Waals surface area contributed by atoms with E-state index in [0.29, 0.717) is 10.7 Å². The van der Waals surface area contributed by atoms with Crippen molar-refractivity contribution in [3.63, 3.8) is 0 Å². The highest BCUT2D eigenvalue weighted by Crippen LogP contribution is 2.17. The first kappa shape index (κ1) is 14.1. The number of hydrogen-bond donors (Lipinski definition) is 0. The smallest absolute Gasteiger partial charge is 0.324 e. The van der Waals surface area contributed by atoms with E-state index in [9.17, 15) is 18.0 Å². The lowest BCUT2D eigenvalue weighted by Crippen LogP contribution is -2.39. The molecule has 0 aliphatic rings. The van der Waals surface area contributed by atoms with Crippen LogP contribution in [-0.4, -0.2) is 40.0 Å². The highest BCUT2D eigenvalue weighted by Gasteiger charge is 2.33. The lowest BCUT2D eigenvalue weighted by molar-refractivity contribution is -0.139. The van der Waals surface area contributed by atoms with E-state index in [1.165, 1.54) is 18.3 Å². The molecule has 0 saturated carbocycles. The summed E-state index contributed by atoms with van der Waals surface area (Å²) in [6, 6.07) is 1.28. The minimum absolute atomic E-state index is 0.0615. The minimum atomic E-state index is -4.46. The van der Waals surface area contributed by atoms with Gasteiger partial charge in [-0.1, -0.05) is 6.08 Å². The standard InChI is InChI=1S/C11H12F3N3O/c1-3-6-17(7-11(12,13)14)10(18)9-4-5-15-8(2)16-9/h3-5H,1,6-7H2,2H3. The second-order valence-electron chi connectivity index (χ2n) is 3.58. The van der Waals surface area contributed by atoms with E-state index in [-0.39, 0.29) is 12.2 Å². The van der Waals surface area contributed by atoms with Crippen molar-refractivity contribution in [2.75, 3.05) is 13.1 Å². The van der Waals surface area contributed by atoms with Crippen LogP contribution in [0.4, 0.5) is 13.2 Å². The molecule has 18 heavy (non-hydrogen) atoms. The van der Waals surface area contributed by atoms with E-state index in [4.69, 9.17) is 0 Å². The van der Waals surface area contributed by atoms with Crippen LogP contribution in [0.2, 0.25) is 0 Å². The van der Waals surface area contributed by atoms with E-state index in [1.54, 1.807) is 6.92 Å². The molecule has 1 rings (SSSR count). The lowest BCUT2D eigenvalue weighted by Gasteiger charge is -2.22. The zero-order chi connectivity index (χ0) is 13.8. The van der Waals surface area contributed by atoms with Crippen LogP contribution in [0.3, 0.4) is 0 Å². The van der Waals surface area contributed by atoms with Crippen LogP contribution in [0.5, 0.6) is 0 Å². The van der Waals surface area contributed by atoms with Gasteiger partial charge in [0.15, 0.2) is 0 Å². The number of halogens is 3. The fourth-order valence-corrected chi connectivity index (χ4v) is 1.33. The Bertz CT molecular complexity index is 445. The van der Waals surface area contributed by atoms with Gasteiger partial charge in [-0.25, -0.2) is 9.97 Å². The van der Waals surface area contributed by atoms with Crippen molar-refractivity contribution in [1.82, 2.24) is 14.9 Å². The molecule has 0 aliphatic carbocycles. The summed E-state index contributed by atoms with van der Waals surface area (Å²) in [6.07, 6.45) is -1.90. The zero-order valence-corrected chi connectivity index (χ0v) is 9.74. The number of hydrogen-bond acceptors (Lipinski definition) is 3. The number of carbonyl (C=O) groups excluding carboxylic acids is 1. The second kappa shape index (κ2) is 5.61. The molecule has 0 fully saturated rings. The van der Waals surface area contributed by atoms with Crippen molar-refractivity contribution < 1.29 is 18.0 Å². The Hall–Kier alpha value is -1.92. The van der Waals surface area contributed by atoms with Crippen molar-refractivity contribution in [3.8, 4) is 0 Å². The monoisotopic (exact) mass is 259 g/mol. The molecule has 1 amide bonds. The van der Waals surface area contributed by atoms with Crippen molar-refractivity contribution in [2.45, 2.75) is 13.1 Å². The zero-order valence-electron chi connectivity index (χ0n) is 9.74. The molecule has 0 radical (unpaired) electrons. The number of rotatable bonds is 4. The second-order valence-corrected chi connectivity index (χ2v) is 3.58. The summed E-state index contributed by atoms with van der Waals surface area (Å²) in [5.74, 6) is -0.468. The molecule has 0 bridgehead atoms. The first-order valence-electron chi connectivity index (χ1n) is 5.10. The summed E-state index contributed by atoms with van der Waals surface area (Å²) in [5.41, 5.74) is -0.0615. The van der Waals surface area contributed by atoms with Gasteiger partial charge in [0.2, 0.25) is 0 Å². The van der Waals surface area contributed by atoms with Crippen molar-refractivity contribution in [2.24, 2.45) is 0 Å². The number of aromatic nitrogens is 2. The number of nitrogens with zero attached hydrogens (tertiary/aromatic N) is 3. The normalized spacial score (nSPS) is 11.1. The maximum Gasteiger partial charge on any atom is 0.406 e. The molecular formula is C11H12F3N3O. The molecule has 0 spiro atoms. The van der Waals surface area contributed by atoms with E-state index < -0.39 is 18.6 Å². The molecule has 7 heteroatoms. The summed E-state index contributed by atoms with van der Waals surface area (Å²) < 4.78 is 37.0. The largest absolute Gasteiger partial charge is 0.406 e. The summed E-state index contributed by atoms with van der Waals surface area (Å²) in [5, 5.41) is 0. The Morgan fingerprint density at radius 3 is 2.72 bits per heavy atom. The Kier molecular flexibility index (Phi) is 4.41. The summed E-state index contributed by atoms with van der Waals surface area (Å²) >= 11 is 0. The number of aryl methyl sites for hydroxylation is 1. The maximum atomic E-state index is 12.3. The Morgan fingerprint density at radius 2 is 2.22 bits per heavy atom. The van der Waals surface area contributed by atoms with Gasteiger partial charge in [-0.2, -0.15) is 13.2 Å². The lowest BCUT2D eigenvalue weighted by atomic mass is 10.3. The van der Waals surface area contributed by atoms with Gasteiger partial charge in [0.25, 0.3) is 5.91 Å². The number of amides is 1. The van der Waals surface area contributed by atoms with Gasteiger partial charge in [0.05, 0.1) is 0 Å². The maximum absolute atomic E-state index is 12.3. The average molecular weight is 259 g/mol. The van der Waals surface area contributed by atoms with E-state index in [1.807, 2.05) is 0 Å². The first-order valence-corrected chi connectivity index (χ1v) is 5.10. The van der Waals surface area contributed by atoms with Gasteiger partial charge in [0.1, 0.15) is 18.1 Å². The first-order chi connectivity index (χ1) is 8.33. The topological polar surface area (TPSA) is 46.1 Å². The van der Waals surface area contributed by atoms with Crippen LogP contribution in [-0.2, 0) is 0 Å². The predicted molar refractivity (Wildman–Crippen MR) is 58.9 cm³/mol. The van der Waals surface area contributed by atoms with Gasteiger partial charge < -0.3 is 4.90 Å². The summed E-state index contributed by atoms with van der Waals surface area (Å²) in [7, 11) is 0. The average Bonchev–Trinajstić information content (AvgIpc) is 2.26. The third kappa shape index (κ3) is 4.15. The fourth-order valence-electron chi connectivity index (χ4n) is 1.33. The third-order valence-corrected chi connectivity index (χ3v) is 2.00. The molecular weight excluding hydrogens is 247 g/mol. The number of carbonyl (C=O) groups is 1. The van der Waals surface area contributed by atoms with E-state index >= 15 is 0 Å². The molecule has 4 nitrogen and oxygen atoms in total. The van der Waals surface area contributed by atoms with Gasteiger partial charge in [0, 0.05) is 12.7 Å². The fraction of sp³-hybridized carbons (Fsp3) is 0.364. The highest BCUT2D eigenvalue weighted by molar-refractivity contribution is 5.92. The Morgan fingerprint density at radius 1 is 1.56 bits per heavy atom. The Balaban J connectivity index is 2.92. The van der Waals surface area contributed by atoms with E-state index in [0.717, 1.165) is 0 Å². The molecule has 0 aromatic carbocycles. The minimum Gasteiger partial charge on any atom is -0.324 e. The molecule has 0 saturated heterocycles. The van der Waals surface area contributed by atoms with Crippen LogP contribution in [0.15, 0.2) is 24.9 Å². The van der Waals surface area contributed by atoms with Crippen LogP contribution in [0.25, 0.3) is 0 Å². The van der Waals surface area contributed by atoms with Gasteiger partial charge in [-0.15, -0.1) is 6.58 Å². The molecule has 0 atom stereocenters. The Labute approximate surface area is 102 Å². The van der Waals surface area contributed by atoms with Crippen molar-refractivity contribution in [3.05, 3.63) is 36.4 Å². The summed E-state index contributed by atoms with van der Waals surface area (Å²) in [6.45, 7) is 3.36. The molecule has 0 unspecified atom stereocenters. The van der Waals surface area contributed by atoms with Crippen LogP contribution < -0.4 is 0 Å².